The van der Waals surface area contributed by atoms with E-state index in [1.54, 1.807) is 9.47 Å². The number of nitrogens with zero attached hydrogens (tertiary/aromatic N) is 4. The van der Waals surface area contributed by atoms with E-state index in [1.807, 2.05) is 0 Å². The second kappa shape index (κ2) is 9.60. The first-order valence-electron chi connectivity index (χ1n) is 13.9. The summed E-state index contributed by atoms with van der Waals surface area (Å²) in [6.07, 6.45) is 5.84. The largest absolute Gasteiger partial charge is 0.418 e. The number of pyridine rings is 1. The minimum Gasteiger partial charge on any atom is -0.295 e. The van der Waals surface area contributed by atoms with E-state index in [9.17, 15) is 22.4 Å². The Labute approximate surface area is 220 Å². The van der Waals surface area contributed by atoms with Gasteiger partial charge in [-0.05, 0) is 62.6 Å². The highest BCUT2D eigenvalue weighted by atomic mass is 19.4. The van der Waals surface area contributed by atoms with Crippen molar-refractivity contribution in [1.29, 1.82) is 0 Å². The normalized spacial score (nSPS) is 29.9. The molecule has 0 spiro atoms. The summed E-state index contributed by atoms with van der Waals surface area (Å²) in [6, 6.07) is 0.994. The highest BCUT2D eigenvalue weighted by molar-refractivity contribution is 5.56. The highest BCUT2D eigenvalue weighted by Gasteiger charge is 2.44. The van der Waals surface area contributed by atoms with Crippen molar-refractivity contribution >= 4 is 5.52 Å². The van der Waals surface area contributed by atoms with E-state index in [4.69, 9.17) is 0 Å². The number of hydrogen-bond donors (Lipinski definition) is 2. The summed E-state index contributed by atoms with van der Waals surface area (Å²) in [6.45, 7) is 2.80. The molecule has 4 atom stereocenters. The molecule has 210 valence electrons. The zero-order valence-electron chi connectivity index (χ0n) is 22.1. The molecule has 38 heavy (non-hydrogen) atoms. The van der Waals surface area contributed by atoms with E-state index in [0.717, 1.165) is 42.8 Å². The smallest absolute Gasteiger partial charge is 0.295 e. The Morgan fingerprint density at radius 2 is 1.82 bits per heavy atom. The number of hydrogen-bond acceptors (Lipinski definition) is 5. The minimum absolute atomic E-state index is 0.107. The van der Waals surface area contributed by atoms with Crippen LogP contribution in [0.2, 0.25) is 0 Å². The van der Waals surface area contributed by atoms with Crippen LogP contribution in [0.1, 0.15) is 69.0 Å². The molecule has 2 aromatic rings. The molecular formula is C27H38F4N6O. The Kier molecular flexibility index (Phi) is 6.64. The minimum atomic E-state index is -4.60. The van der Waals surface area contributed by atoms with Crippen molar-refractivity contribution in [2.45, 2.75) is 82.5 Å². The zero-order chi connectivity index (χ0) is 26.8. The molecule has 2 aliphatic carbocycles. The number of imidazole rings is 1. The Morgan fingerprint density at radius 1 is 1.11 bits per heavy atom. The lowest BCUT2D eigenvalue weighted by molar-refractivity contribution is -0.136. The lowest BCUT2D eigenvalue weighted by Gasteiger charge is -2.46. The quantitative estimate of drug-likeness (QED) is 0.542. The molecule has 0 radical (unpaired) electrons. The standard InChI is InChI=1S/C27H38F4N6O/c1-26(28)14-35(15-26)11-17-9-21(27(29,30)31)22-13-36(25(38)37(22)12-17)20-8-4-7-19(10-20)23(18-5-3-6-18)24-33-32-16-34(24)2/h9,12-13,18-20,23-24,32-33H,3-8,10-11,14-16H2,1-2H3/t19?,20?,23-,24?/m1/s1. The molecular weight excluding hydrogens is 500 g/mol. The van der Waals surface area contributed by atoms with E-state index in [0.29, 0.717) is 23.3 Å². The van der Waals surface area contributed by atoms with Crippen LogP contribution in [-0.2, 0) is 12.7 Å². The Morgan fingerprint density at radius 3 is 2.42 bits per heavy atom. The Hall–Kier alpha value is -1.95. The van der Waals surface area contributed by atoms with Crippen LogP contribution >= 0.6 is 0 Å². The molecule has 0 aromatic carbocycles. The third-order valence-electron chi connectivity index (χ3n) is 9.40. The maximum absolute atomic E-state index is 14.1. The van der Waals surface area contributed by atoms with Crippen molar-refractivity contribution < 1.29 is 17.6 Å². The van der Waals surface area contributed by atoms with Crippen LogP contribution in [-0.4, -0.2) is 57.4 Å². The molecule has 0 amide bonds. The highest BCUT2D eigenvalue weighted by Crippen LogP contribution is 2.47. The van der Waals surface area contributed by atoms with Crippen LogP contribution in [0.5, 0.6) is 0 Å². The Balaban J connectivity index is 1.30. The average Bonchev–Trinajstić information content (AvgIpc) is 3.37. The maximum atomic E-state index is 14.1. The summed E-state index contributed by atoms with van der Waals surface area (Å²) in [5, 5.41) is 0. The number of alkyl halides is 4. The summed E-state index contributed by atoms with van der Waals surface area (Å²) >= 11 is 0. The summed E-state index contributed by atoms with van der Waals surface area (Å²) in [4.78, 5) is 17.6. The SMILES string of the molecule is CN1CNNC1[C@H](C1CCC1)C1CCCC(n2cc3c(C(F)(F)F)cc(CN4CC(C)(F)C4)cn3c2=O)C1. The number of likely N-dealkylation sites (tertiary alicyclic amines) is 1. The first kappa shape index (κ1) is 26.3. The molecule has 2 aliphatic heterocycles. The van der Waals surface area contributed by atoms with Gasteiger partial charge in [-0.15, -0.1) is 0 Å². The zero-order valence-corrected chi connectivity index (χ0v) is 22.1. The molecule has 2 N–H and O–H groups in total. The lowest BCUT2D eigenvalue weighted by atomic mass is 9.65. The maximum Gasteiger partial charge on any atom is 0.418 e. The van der Waals surface area contributed by atoms with Crippen molar-refractivity contribution in [3.05, 3.63) is 40.1 Å². The number of fused-ring (bicyclic) bond motifs is 1. The van der Waals surface area contributed by atoms with Crippen LogP contribution in [0.3, 0.4) is 0 Å². The van der Waals surface area contributed by atoms with Gasteiger partial charge < -0.3 is 0 Å². The van der Waals surface area contributed by atoms with Gasteiger partial charge in [0.25, 0.3) is 0 Å². The van der Waals surface area contributed by atoms with Crippen molar-refractivity contribution in [3.63, 3.8) is 0 Å². The fraction of sp³-hybridized carbons (Fsp3) is 0.741. The van der Waals surface area contributed by atoms with Crippen LogP contribution in [0, 0.1) is 17.8 Å². The van der Waals surface area contributed by atoms with Crippen molar-refractivity contribution in [1.82, 2.24) is 29.6 Å². The number of hydrazine groups is 1. The Bertz CT molecular complexity index is 1230. The van der Waals surface area contributed by atoms with Gasteiger partial charge in [0, 0.05) is 38.1 Å². The number of aromatic nitrogens is 2. The van der Waals surface area contributed by atoms with E-state index >= 15 is 0 Å². The summed E-state index contributed by atoms with van der Waals surface area (Å²) in [5.41, 5.74) is 4.42. The van der Waals surface area contributed by atoms with Crippen LogP contribution in [0.4, 0.5) is 17.6 Å². The van der Waals surface area contributed by atoms with Gasteiger partial charge >= 0.3 is 11.9 Å². The van der Waals surface area contributed by atoms with Crippen molar-refractivity contribution in [3.8, 4) is 0 Å². The van der Waals surface area contributed by atoms with Crippen molar-refractivity contribution in [2.24, 2.45) is 17.8 Å². The third-order valence-corrected chi connectivity index (χ3v) is 9.40. The van der Waals surface area contributed by atoms with Gasteiger partial charge in [0.15, 0.2) is 0 Å². The van der Waals surface area contributed by atoms with Crippen LogP contribution < -0.4 is 16.5 Å². The van der Waals surface area contributed by atoms with Crippen LogP contribution in [0.25, 0.3) is 5.52 Å². The van der Waals surface area contributed by atoms with Gasteiger partial charge in [-0.25, -0.2) is 20.0 Å². The molecule has 7 nitrogen and oxygen atoms in total. The summed E-state index contributed by atoms with van der Waals surface area (Å²) in [5.74, 6) is 1.47. The molecule has 4 fully saturated rings. The first-order valence-corrected chi connectivity index (χ1v) is 13.9. The number of halogens is 4. The molecule has 3 unspecified atom stereocenters. The van der Waals surface area contributed by atoms with Crippen molar-refractivity contribution in [2.75, 3.05) is 26.8 Å². The molecule has 6 rings (SSSR count). The molecule has 0 bridgehead atoms. The van der Waals surface area contributed by atoms with Gasteiger partial charge in [0.2, 0.25) is 0 Å². The van der Waals surface area contributed by atoms with E-state index < -0.39 is 23.1 Å². The summed E-state index contributed by atoms with van der Waals surface area (Å²) in [7, 11) is 2.11. The molecule has 4 heterocycles. The topological polar surface area (TPSA) is 56.9 Å². The monoisotopic (exact) mass is 538 g/mol. The molecule has 2 aromatic heterocycles. The predicted octanol–water partition coefficient (Wildman–Crippen LogP) is 4.13. The number of nitrogens with one attached hydrogen (secondary N) is 2. The fourth-order valence-electron chi connectivity index (χ4n) is 7.50. The molecule has 2 saturated heterocycles. The van der Waals surface area contributed by atoms with Gasteiger partial charge in [0.1, 0.15) is 5.67 Å². The molecule has 2 saturated carbocycles. The van der Waals surface area contributed by atoms with Gasteiger partial charge in [0.05, 0.1) is 23.9 Å². The summed E-state index contributed by atoms with van der Waals surface area (Å²) < 4.78 is 59.1. The third kappa shape index (κ3) is 4.80. The predicted molar refractivity (Wildman–Crippen MR) is 136 cm³/mol. The number of rotatable bonds is 6. The second-order valence-corrected chi connectivity index (χ2v) is 12.4. The van der Waals surface area contributed by atoms with Gasteiger partial charge in [-0.3, -0.25) is 18.8 Å². The van der Waals surface area contributed by atoms with E-state index in [1.165, 1.54) is 38.6 Å². The first-order chi connectivity index (χ1) is 18.0. The average molecular weight is 539 g/mol. The van der Waals surface area contributed by atoms with Gasteiger partial charge in [-0.2, -0.15) is 13.2 Å². The fourth-order valence-corrected chi connectivity index (χ4v) is 7.50. The lowest BCUT2D eigenvalue weighted by Crippen LogP contribution is -2.56. The van der Waals surface area contributed by atoms with Crippen LogP contribution in [0.15, 0.2) is 23.3 Å². The second-order valence-electron chi connectivity index (χ2n) is 12.4. The van der Waals surface area contributed by atoms with E-state index in [2.05, 4.69) is 22.8 Å². The molecule has 4 aliphatic rings. The molecule has 11 heteroatoms. The van der Waals surface area contributed by atoms with E-state index in [-0.39, 0.29) is 37.4 Å². The van der Waals surface area contributed by atoms with Gasteiger partial charge in [-0.1, -0.05) is 25.7 Å².